The van der Waals surface area contributed by atoms with E-state index in [0.717, 1.165) is 5.75 Å². The molecule has 1 atom stereocenters. The zero-order valence-electron chi connectivity index (χ0n) is 11.0. The van der Waals surface area contributed by atoms with E-state index in [2.05, 4.69) is 64.1 Å². The maximum absolute atomic E-state index is 5.99. The van der Waals surface area contributed by atoms with Crippen LogP contribution in [-0.4, -0.2) is 6.10 Å². The fourth-order valence-electron chi connectivity index (χ4n) is 1.62. The maximum atomic E-state index is 5.99. The smallest absolute Gasteiger partial charge is 0.120 e. The van der Waals surface area contributed by atoms with Gasteiger partial charge in [-0.3, -0.25) is 0 Å². The van der Waals surface area contributed by atoms with Crippen LogP contribution in [0.3, 0.4) is 0 Å². The van der Waals surface area contributed by atoms with Gasteiger partial charge in [0, 0.05) is 0 Å². The molecule has 2 rings (SSSR count). The molecule has 17 heavy (non-hydrogen) atoms. The molecule has 0 aromatic heterocycles. The highest BCUT2D eigenvalue weighted by molar-refractivity contribution is 5.83. The highest BCUT2D eigenvalue weighted by atomic mass is 16.5. The third kappa shape index (κ3) is 2.79. The largest absolute Gasteiger partial charge is 0.490 e. The van der Waals surface area contributed by atoms with Crippen molar-refractivity contribution < 1.29 is 4.74 Å². The summed E-state index contributed by atoms with van der Waals surface area (Å²) in [7, 11) is 0. The summed E-state index contributed by atoms with van der Waals surface area (Å²) in [5.74, 6) is 0.950. The molecule has 0 aliphatic heterocycles. The zero-order chi connectivity index (χ0) is 12.5. The van der Waals surface area contributed by atoms with Crippen LogP contribution in [0.4, 0.5) is 0 Å². The molecule has 0 aliphatic carbocycles. The molecular formula is C16H20O. The number of ether oxygens (including phenoxy) is 1. The van der Waals surface area contributed by atoms with Gasteiger partial charge < -0.3 is 4.74 Å². The number of hydrogen-bond donors (Lipinski definition) is 0. The Morgan fingerprint density at radius 3 is 2.24 bits per heavy atom. The lowest BCUT2D eigenvalue weighted by Gasteiger charge is -2.28. The Kier molecular flexibility index (Phi) is 3.10. The van der Waals surface area contributed by atoms with Crippen molar-refractivity contribution in [2.75, 3.05) is 0 Å². The second kappa shape index (κ2) is 4.40. The average Bonchev–Trinajstić information content (AvgIpc) is 2.27. The van der Waals surface area contributed by atoms with Gasteiger partial charge in [-0.25, -0.2) is 0 Å². The molecule has 90 valence electrons. The lowest BCUT2D eigenvalue weighted by atomic mass is 9.90. The maximum Gasteiger partial charge on any atom is 0.120 e. The van der Waals surface area contributed by atoms with Crippen molar-refractivity contribution in [3.8, 4) is 5.75 Å². The van der Waals surface area contributed by atoms with Gasteiger partial charge in [-0.05, 0) is 35.2 Å². The predicted molar refractivity (Wildman–Crippen MR) is 73.5 cm³/mol. The highest BCUT2D eigenvalue weighted by Gasteiger charge is 2.21. The summed E-state index contributed by atoms with van der Waals surface area (Å²) < 4.78 is 5.99. The third-order valence-corrected chi connectivity index (χ3v) is 3.25. The predicted octanol–water partition coefficient (Wildman–Crippen LogP) is 4.65. The molecule has 0 N–H and O–H groups in total. The van der Waals surface area contributed by atoms with Crippen LogP contribution < -0.4 is 4.74 Å². The topological polar surface area (TPSA) is 9.23 Å². The summed E-state index contributed by atoms with van der Waals surface area (Å²) in [4.78, 5) is 0. The first-order valence-electron chi connectivity index (χ1n) is 6.12. The van der Waals surface area contributed by atoms with E-state index < -0.39 is 0 Å². The van der Waals surface area contributed by atoms with Crippen LogP contribution >= 0.6 is 0 Å². The van der Waals surface area contributed by atoms with Crippen LogP contribution in [0.1, 0.15) is 27.7 Å². The van der Waals surface area contributed by atoms with Gasteiger partial charge in [0.05, 0.1) is 0 Å². The molecule has 0 spiro atoms. The molecule has 0 amide bonds. The second-order valence-corrected chi connectivity index (χ2v) is 5.64. The van der Waals surface area contributed by atoms with Crippen molar-refractivity contribution >= 4 is 10.8 Å². The zero-order valence-corrected chi connectivity index (χ0v) is 11.0. The molecule has 2 aromatic carbocycles. The molecule has 0 saturated carbocycles. The monoisotopic (exact) mass is 228 g/mol. The molecule has 2 aromatic rings. The van der Waals surface area contributed by atoms with Gasteiger partial charge in [-0.15, -0.1) is 0 Å². The first-order chi connectivity index (χ1) is 7.97. The van der Waals surface area contributed by atoms with Crippen LogP contribution in [0, 0.1) is 5.41 Å². The van der Waals surface area contributed by atoms with Gasteiger partial charge in [0.2, 0.25) is 0 Å². The van der Waals surface area contributed by atoms with Crippen molar-refractivity contribution in [3.05, 3.63) is 42.5 Å². The summed E-state index contributed by atoms with van der Waals surface area (Å²) in [5, 5.41) is 2.48. The Hall–Kier alpha value is -1.50. The number of rotatable bonds is 2. The fourth-order valence-corrected chi connectivity index (χ4v) is 1.62. The summed E-state index contributed by atoms with van der Waals surface area (Å²) in [6, 6.07) is 14.6. The molecule has 0 radical (unpaired) electrons. The third-order valence-electron chi connectivity index (χ3n) is 3.25. The number of fused-ring (bicyclic) bond motifs is 1. The average molecular weight is 228 g/mol. The van der Waals surface area contributed by atoms with Crippen LogP contribution in [0.25, 0.3) is 10.8 Å². The normalized spacial score (nSPS) is 13.6. The minimum absolute atomic E-state index is 0.158. The summed E-state index contributed by atoms with van der Waals surface area (Å²) in [5.41, 5.74) is 0.158. The SMILES string of the molecule is CC(Oc1ccc2ccccc2c1)C(C)(C)C. The standard InChI is InChI=1S/C16H20O/c1-12(16(2,3)4)17-15-10-9-13-7-5-6-8-14(13)11-15/h5-12H,1-4H3. The van der Waals surface area contributed by atoms with Crippen LogP contribution in [-0.2, 0) is 0 Å². The van der Waals surface area contributed by atoms with E-state index in [4.69, 9.17) is 4.74 Å². The van der Waals surface area contributed by atoms with Crippen molar-refractivity contribution in [1.29, 1.82) is 0 Å². The number of hydrogen-bond acceptors (Lipinski definition) is 1. The van der Waals surface area contributed by atoms with E-state index in [9.17, 15) is 0 Å². The molecule has 0 saturated heterocycles. The van der Waals surface area contributed by atoms with Gasteiger partial charge in [0.15, 0.2) is 0 Å². The van der Waals surface area contributed by atoms with Crippen LogP contribution in [0.15, 0.2) is 42.5 Å². The Balaban J connectivity index is 2.25. The van der Waals surface area contributed by atoms with E-state index in [1.165, 1.54) is 10.8 Å². The van der Waals surface area contributed by atoms with E-state index in [0.29, 0.717) is 0 Å². The molecule has 1 heteroatoms. The minimum Gasteiger partial charge on any atom is -0.490 e. The molecule has 0 heterocycles. The molecule has 1 unspecified atom stereocenters. The van der Waals surface area contributed by atoms with E-state index in [1.54, 1.807) is 0 Å². The minimum atomic E-state index is 0.158. The lowest BCUT2D eigenvalue weighted by molar-refractivity contribution is 0.104. The van der Waals surface area contributed by atoms with Crippen molar-refractivity contribution in [2.24, 2.45) is 5.41 Å². The second-order valence-electron chi connectivity index (χ2n) is 5.64. The molecule has 0 fully saturated rings. The van der Waals surface area contributed by atoms with Gasteiger partial charge in [-0.1, -0.05) is 51.1 Å². The summed E-state index contributed by atoms with van der Waals surface area (Å²) in [6.45, 7) is 8.70. The quantitative estimate of drug-likeness (QED) is 0.726. The van der Waals surface area contributed by atoms with Gasteiger partial charge in [-0.2, -0.15) is 0 Å². The van der Waals surface area contributed by atoms with Gasteiger partial charge >= 0.3 is 0 Å². The van der Waals surface area contributed by atoms with Crippen molar-refractivity contribution in [2.45, 2.75) is 33.8 Å². The van der Waals surface area contributed by atoms with Gasteiger partial charge in [0.1, 0.15) is 11.9 Å². The molecule has 0 bridgehead atoms. The number of benzene rings is 2. The van der Waals surface area contributed by atoms with Crippen LogP contribution in [0.5, 0.6) is 5.75 Å². The Morgan fingerprint density at radius 1 is 0.941 bits per heavy atom. The highest BCUT2D eigenvalue weighted by Crippen LogP contribution is 2.26. The Morgan fingerprint density at radius 2 is 1.59 bits per heavy atom. The first-order valence-corrected chi connectivity index (χ1v) is 6.12. The van der Waals surface area contributed by atoms with E-state index >= 15 is 0 Å². The summed E-state index contributed by atoms with van der Waals surface area (Å²) >= 11 is 0. The lowest BCUT2D eigenvalue weighted by Crippen LogP contribution is -2.28. The van der Waals surface area contributed by atoms with Crippen LogP contribution in [0.2, 0.25) is 0 Å². The first kappa shape index (κ1) is 12.0. The van der Waals surface area contributed by atoms with Crippen molar-refractivity contribution in [1.82, 2.24) is 0 Å². The Labute approximate surface area is 103 Å². The molecule has 1 nitrogen and oxygen atoms in total. The van der Waals surface area contributed by atoms with Gasteiger partial charge in [0.25, 0.3) is 0 Å². The summed E-state index contributed by atoms with van der Waals surface area (Å²) in [6.07, 6.45) is 0.198. The molecular weight excluding hydrogens is 208 g/mol. The Bertz CT molecular complexity index is 508. The molecule has 0 aliphatic rings. The fraction of sp³-hybridized carbons (Fsp3) is 0.375. The van der Waals surface area contributed by atoms with E-state index in [1.807, 2.05) is 6.07 Å². The van der Waals surface area contributed by atoms with Crippen molar-refractivity contribution in [3.63, 3.8) is 0 Å². The van der Waals surface area contributed by atoms with E-state index in [-0.39, 0.29) is 11.5 Å².